The molecule has 4 N–H and O–H groups in total. The quantitative estimate of drug-likeness (QED) is 0.630. The molecule has 22 heavy (non-hydrogen) atoms. The number of H-pyrrole nitrogens is 1. The monoisotopic (exact) mass is 295 g/mol. The second-order valence-electron chi connectivity index (χ2n) is 5.99. The maximum atomic E-state index is 10.2. The Morgan fingerprint density at radius 3 is 2.50 bits per heavy atom. The summed E-state index contributed by atoms with van der Waals surface area (Å²) < 4.78 is 0. The van der Waals surface area contributed by atoms with Crippen molar-refractivity contribution in [1.29, 1.82) is 0 Å². The molecule has 0 radical (unpaired) electrons. The number of fused-ring (bicyclic) bond motifs is 1. The molecule has 2 aromatic carbocycles. The minimum atomic E-state index is 0.326. The van der Waals surface area contributed by atoms with Gasteiger partial charge in [0.05, 0.1) is 5.69 Å². The Bertz CT molecular complexity index is 862. The van der Waals surface area contributed by atoms with E-state index in [4.69, 9.17) is 5.73 Å². The average Bonchev–Trinajstić information content (AvgIpc) is 2.78. The highest BCUT2D eigenvalue weighted by molar-refractivity contribution is 5.93. The first-order valence-electron chi connectivity index (χ1n) is 7.27. The number of benzene rings is 2. The number of aryl methyl sites for hydroxylation is 2. The van der Waals surface area contributed by atoms with E-state index in [1.165, 1.54) is 0 Å². The van der Waals surface area contributed by atoms with Crippen LogP contribution in [0.1, 0.15) is 11.1 Å². The van der Waals surface area contributed by atoms with Crippen LogP contribution in [0.3, 0.4) is 0 Å². The zero-order valence-electron chi connectivity index (χ0n) is 13.4. The molecule has 0 bridgehead atoms. The highest BCUT2D eigenvalue weighted by atomic mass is 16.3. The molecule has 0 unspecified atom stereocenters. The number of nitrogens with zero attached hydrogens (tertiary/aromatic N) is 1. The molecule has 1 aromatic heterocycles. The third-order valence-corrected chi connectivity index (χ3v) is 4.13. The van der Waals surface area contributed by atoms with Crippen LogP contribution in [0, 0.1) is 13.8 Å². The van der Waals surface area contributed by atoms with E-state index in [1.807, 2.05) is 56.3 Å². The van der Waals surface area contributed by atoms with Gasteiger partial charge in [0.15, 0.2) is 0 Å². The third-order valence-electron chi connectivity index (χ3n) is 4.13. The number of hydrogen-bond acceptors (Lipinski definition) is 3. The number of nitrogens with two attached hydrogens (primary N) is 1. The maximum Gasteiger partial charge on any atom is 0.141 e. The molecule has 0 aliphatic heterocycles. The van der Waals surface area contributed by atoms with Crippen molar-refractivity contribution in [3.8, 4) is 17.0 Å². The summed E-state index contributed by atoms with van der Waals surface area (Å²) in [6.07, 6.45) is 0. The van der Waals surface area contributed by atoms with Gasteiger partial charge in [-0.3, -0.25) is 0 Å². The number of rotatable bonds is 2. The van der Waals surface area contributed by atoms with E-state index in [2.05, 4.69) is 11.9 Å². The minimum Gasteiger partial charge on any atom is -0.505 e. The van der Waals surface area contributed by atoms with Gasteiger partial charge in [-0.1, -0.05) is 0 Å². The molecule has 0 saturated carbocycles. The Kier molecular flexibility index (Phi) is 3.24. The standard InChI is InChI=1S/C18H21N3O/c1-10-7-12(8-16(18(10)22)21(3)4)17-11(2)14-9-13(19)5-6-15(14)20-17/h5-9,20,22H,19H2,1-4H3. The normalized spacial score (nSPS) is 11.1. The van der Waals surface area contributed by atoms with E-state index in [-0.39, 0.29) is 0 Å². The number of aromatic hydroxyl groups is 1. The summed E-state index contributed by atoms with van der Waals surface area (Å²) in [6, 6.07) is 9.90. The number of nitrogen functional groups attached to an aromatic ring is 1. The predicted octanol–water partition coefficient (Wildman–Crippen LogP) is 3.81. The van der Waals surface area contributed by atoms with Crippen molar-refractivity contribution in [2.24, 2.45) is 0 Å². The molecule has 0 amide bonds. The van der Waals surface area contributed by atoms with Crippen molar-refractivity contribution in [3.05, 3.63) is 41.5 Å². The molecule has 3 aromatic rings. The number of phenolic OH excluding ortho intramolecular Hbond substituents is 1. The molecule has 4 nitrogen and oxygen atoms in total. The summed E-state index contributed by atoms with van der Waals surface area (Å²) in [5.41, 5.74) is 12.7. The molecular weight excluding hydrogens is 274 g/mol. The number of aromatic nitrogens is 1. The number of phenols is 1. The van der Waals surface area contributed by atoms with E-state index < -0.39 is 0 Å². The van der Waals surface area contributed by atoms with E-state index in [9.17, 15) is 5.11 Å². The van der Waals surface area contributed by atoms with Gasteiger partial charge in [-0.25, -0.2) is 0 Å². The second kappa shape index (κ2) is 4.98. The first kappa shape index (κ1) is 14.3. The lowest BCUT2D eigenvalue weighted by atomic mass is 10.0. The van der Waals surface area contributed by atoms with Crippen LogP contribution in [0.4, 0.5) is 11.4 Å². The lowest BCUT2D eigenvalue weighted by Crippen LogP contribution is -2.09. The fraction of sp³-hybridized carbons (Fsp3) is 0.222. The molecule has 0 saturated heterocycles. The first-order chi connectivity index (χ1) is 10.4. The van der Waals surface area contributed by atoms with Crippen molar-refractivity contribution in [2.45, 2.75) is 13.8 Å². The molecule has 3 rings (SSSR count). The highest BCUT2D eigenvalue weighted by Crippen LogP contribution is 2.37. The summed E-state index contributed by atoms with van der Waals surface area (Å²) in [7, 11) is 3.86. The van der Waals surface area contributed by atoms with Crippen LogP contribution in [-0.4, -0.2) is 24.2 Å². The Hall–Kier alpha value is -2.62. The van der Waals surface area contributed by atoms with Crippen LogP contribution in [-0.2, 0) is 0 Å². The molecule has 4 heteroatoms. The van der Waals surface area contributed by atoms with Crippen LogP contribution >= 0.6 is 0 Å². The Labute approximate surface area is 130 Å². The van der Waals surface area contributed by atoms with E-state index >= 15 is 0 Å². The van der Waals surface area contributed by atoms with Crippen molar-refractivity contribution in [2.75, 3.05) is 24.7 Å². The maximum absolute atomic E-state index is 10.2. The van der Waals surface area contributed by atoms with Crippen molar-refractivity contribution in [3.63, 3.8) is 0 Å². The lowest BCUT2D eigenvalue weighted by molar-refractivity contribution is 0.471. The van der Waals surface area contributed by atoms with Crippen molar-refractivity contribution in [1.82, 2.24) is 4.98 Å². The predicted molar refractivity (Wildman–Crippen MR) is 93.6 cm³/mol. The molecular formula is C18H21N3O. The van der Waals surface area contributed by atoms with Crippen molar-refractivity contribution >= 4 is 22.3 Å². The van der Waals surface area contributed by atoms with Gasteiger partial charge in [0.2, 0.25) is 0 Å². The SMILES string of the molecule is Cc1cc(-c2[nH]c3ccc(N)cc3c2C)cc(N(C)C)c1O. The van der Waals surface area contributed by atoms with Gasteiger partial charge in [0.25, 0.3) is 0 Å². The van der Waals surface area contributed by atoms with E-state index in [0.29, 0.717) is 5.75 Å². The first-order valence-corrected chi connectivity index (χ1v) is 7.27. The van der Waals surface area contributed by atoms with Crippen LogP contribution in [0.25, 0.3) is 22.2 Å². The Balaban J connectivity index is 2.25. The number of aromatic amines is 1. The summed E-state index contributed by atoms with van der Waals surface area (Å²) in [6.45, 7) is 4.01. The topological polar surface area (TPSA) is 65.3 Å². The third kappa shape index (κ3) is 2.17. The lowest BCUT2D eigenvalue weighted by Gasteiger charge is -2.17. The molecule has 0 aliphatic rings. The van der Waals surface area contributed by atoms with Crippen LogP contribution in [0.15, 0.2) is 30.3 Å². The van der Waals surface area contributed by atoms with Crippen LogP contribution in [0.2, 0.25) is 0 Å². The van der Waals surface area contributed by atoms with Gasteiger partial charge < -0.3 is 20.7 Å². The number of anilines is 2. The minimum absolute atomic E-state index is 0.326. The Morgan fingerprint density at radius 1 is 1.09 bits per heavy atom. The molecule has 0 spiro atoms. The summed E-state index contributed by atoms with van der Waals surface area (Å²) in [5.74, 6) is 0.326. The fourth-order valence-electron chi connectivity index (χ4n) is 2.88. The van der Waals surface area contributed by atoms with Gasteiger partial charge in [-0.2, -0.15) is 0 Å². The molecule has 1 heterocycles. The summed E-state index contributed by atoms with van der Waals surface area (Å²) >= 11 is 0. The molecule has 0 fully saturated rings. The number of nitrogens with one attached hydrogen (secondary N) is 1. The largest absolute Gasteiger partial charge is 0.505 e. The summed E-state index contributed by atoms with van der Waals surface area (Å²) in [4.78, 5) is 5.38. The van der Waals surface area contributed by atoms with Gasteiger partial charge in [0, 0.05) is 41.9 Å². The summed E-state index contributed by atoms with van der Waals surface area (Å²) in [5, 5.41) is 11.3. The zero-order chi connectivity index (χ0) is 16.0. The number of hydrogen-bond donors (Lipinski definition) is 3. The highest BCUT2D eigenvalue weighted by Gasteiger charge is 2.14. The molecule has 0 aliphatic carbocycles. The average molecular weight is 295 g/mol. The van der Waals surface area contributed by atoms with Gasteiger partial charge >= 0.3 is 0 Å². The zero-order valence-corrected chi connectivity index (χ0v) is 13.4. The van der Waals surface area contributed by atoms with E-state index in [1.54, 1.807) is 0 Å². The van der Waals surface area contributed by atoms with Crippen LogP contribution in [0.5, 0.6) is 5.75 Å². The fourth-order valence-corrected chi connectivity index (χ4v) is 2.88. The Morgan fingerprint density at radius 2 is 1.82 bits per heavy atom. The second-order valence-corrected chi connectivity index (χ2v) is 5.99. The van der Waals surface area contributed by atoms with Crippen molar-refractivity contribution < 1.29 is 5.11 Å². The smallest absolute Gasteiger partial charge is 0.141 e. The van der Waals surface area contributed by atoms with Gasteiger partial charge in [-0.05, 0) is 55.3 Å². The molecule has 114 valence electrons. The van der Waals surface area contributed by atoms with Crippen LogP contribution < -0.4 is 10.6 Å². The van der Waals surface area contributed by atoms with Gasteiger partial charge in [-0.15, -0.1) is 0 Å². The van der Waals surface area contributed by atoms with Gasteiger partial charge in [0.1, 0.15) is 5.75 Å². The molecule has 0 atom stereocenters. The van der Waals surface area contributed by atoms with E-state index in [0.717, 1.165) is 44.7 Å².